The highest BCUT2D eigenvalue weighted by molar-refractivity contribution is 5.70. The van der Waals surface area contributed by atoms with Crippen molar-refractivity contribution in [3.05, 3.63) is 126 Å². The van der Waals surface area contributed by atoms with Crippen LogP contribution >= 0.6 is 0 Å². The number of hydrogen-bond acceptors (Lipinski definition) is 4. The molecule has 0 radical (unpaired) electrons. The molecule has 0 aliphatic carbocycles. The van der Waals surface area contributed by atoms with Gasteiger partial charge in [0.05, 0.1) is 18.3 Å². The smallest absolute Gasteiger partial charge is 0.138 e. The Morgan fingerprint density at radius 1 is 0.903 bits per heavy atom. The van der Waals surface area contributed by atoms with Crippen LogP contribution in [-0.2, 0) is 12.0 Å². The summed E-state index contributed by atoms with van der Waals surface area (Å²) in [5.74, 6) is 0.680. The van der Waals surface area contributed by atoms with E-state index in [1.165, 1.54) is 0 Å². The molecule has 0 unspecified atom stereocenters. The molecule has 0 saturated heterocycles. The zero-order chi connectivity index (χ0) is 21.1. The third-order valence-electron chi connectivity index (χ3n) is 5.81. The number of benzene rings is 3. The van der Waals surface area contributed by atoms with E-state index >= 15 is 0 Å². The fourth-order valence-electron chi connectivity index (χ4n) is 4.33. The summed E-state index contributed by atoms with van der Waals surface area (Å²) in [6.07, 6.45) is 3.53. The summed E-state index contributed by atoms with van der Waals surface area (Å²) in [6.45, 7) is 0.465. The predicted molar refractivity (Wildman–Crippen MR) is 121 cm³/mol. The van der Waals surface area contributed by atoms with Crippen LogP contribution in [0.15, 0.2) is 103 Å². The summed E-state index contributed by atoms with van der Waals surface area (Å²) in [6, 6.07) is 32.3. The molecule has 0 fully saturated rings. The van der Waals surface area contributed by atoms with Crippen LogP contribution in [0.25, 0.3) is 0 Å². The molecule has 0 amide bonds. The average molecular weight is 403 g/mol. The normalized spacial score (nSPS) is 19.1. The first-order chi connectivity index (χ1) is 15.3. The molecule has 1 N–H and O–H groups in total. The SMILES string of the molecule is N#C[C@@]1(c2ccccc2)c2ccccc2N[C@H]1c1cncc(OCc2ccccc2)c1. The molecule has 0 spiro atoms. The molecule has 31 heavy (non-hydrogen) atoms. The van der Waals surface area contributed by atoms with Gasteiger partial charge >= 0.3 is 0 Å². The van der Waals surface area contributed by atoms with E-state index in [1.807, 2.05) is 97.2 Å². The summed E-state index contributed by atoms with van der Waals surface area (Å²) in [5.41, 5.74) is 4.04. The number of anilines is 1. The zero-order valence-corrected chi connectivity index (χ0v) is 16.9. The summed E-state index contributed by atoms with van der Waals surface area (Å²) < 4.78 is 6.00. The van der Waals surface area contributed by atoms with Gasteiger partial charge in [-0.3, -0.25) is 4.98 Å². The van der Waals surface area contributed by atoms with E-state index in [4.69, 9.17) is 4.74 Å². The van der Waals surface area contributed by atoms with E-state index < -0.39 is 5.41 Å². The maximum Gasteiger partial charge on any atom is 0.138 e. The van der Waals surface area contributed by atoms with Gasteiger partial charge in [0.25, 0.3) is 0 Å². The van der Waals surface area contributed by atoms with Crippen LogP contribution in [0, 0.1) is 11.3 Å². The summed E-state index contributed by atoms with van der Waals surface area (Å²) in [5, 5.41) is 14.1. The summed E-state index contributed by atoms with van der Waals surface area (Å²) in [7, 11) is 0. The van der Waals surface area contributed by atoms with E-state index in [-0.39, 0.29) is 6.04 Å². The van der Waals surface area contributed by atoms with Gasteiger partial charge in [-0.2, -0.15) is 5.26 Å². The van der Waals surface area contributed by atoms with Crippen LogP contribution in [0.1, 0.15) is 28.3 Å². The first-order valence-corrected chi connectivity index (χ1v) is 10.3. The number of aromatic nitrogens is 1. The number of ether oxygens (including phenoxy) is 1. The monoisotopic (exact) mass is 403 g/mol. The number of nitriles is 1. The number of para-hydroxylation sites is 1. The quantitative estimate of drug-likeness (QED) is 0.469. The largest absolute Gasteiger partial charge is 0.487 e. The van der Waals surface area contributed by atoms with Gasteiger partial charge in [-0.05, 0) is 28.8 Å². The van der Waals surface area contributed by atoms with Crippen molar-refractivity contribution in [1.82, 2.24) is 4.98 Å². The third kappa shape index (κ3) is 3.31. The van der Waals surface area contributed by atoms with Gasteiger partial charge in [0, 0.05) is 17.4 Å². The van der Waals surface area contributed by atoms with Crippen LogP contribution in [0.4, 0.5) is 5.69 Å². The Balaban J connectivity index is 1.54. The van der Waals surface area contributed by atoms with Crippen LogP contribution in [-0.4, -0.2) is 4.98 Å². The number of nitrogens with one attached hydrogen (secondary N) is 1. The van der Waals surface area contributed by atoms with Crippen molar-refractivity contribution >= 4 is 5.69 Å². The molecular weight excluding hydrogens is 382 g/mol. The summed E-state index contributed by atoms with van der Waals surface area (Å²) >= 11 is 0. The van der Waals surface area contributed by atoms with Crippen molar-refractivity contribution in [2.75, 3.05) is 5.32 Å². The van der Waals surface area contributed by atoms with Gasteiger partial charge in [0.2, 0.25) is 0 Å². The molecular formula is C27H21N3O. The molecule has 1 aliphatic rings. The van der Waals surface area contributed by atoms with Crippen LogP contribution in [0.3, 0.4) is 0 Å². The molecule has 1 aliphatic heterocycles. The van der Waals surface area contributed by atoms with Crippen molar-refractivity contribution in [3.63, 3.8) is 0 Å². The maximum atomic E-state index is 10.5. The van der Waals surface area contributed by atoms with Crippen molar-refractivity contribution in [2.45, 2.75) is 18.1 Å². The van der Waals surface area contributed by atoms with E-state index in [1.54, 1.807) is 6.20 Å². The molecule has 5 rings (SSSR count). The summed E-state index contributed by atoms with van der Waals surface area (Å²) in [4.78, 5) is 4.42. The molecule has 3 aromatic carbocycles. The van der Waals surface area contributed by atoms with Crippen molar-refractivity contribution < 1.29 is 4.74 Å². The van der Waals surface area contributed by atoms with Crippen LogP contribution < -0.4 is 10.1 Å². The minimum absolute atomic E-state index is 0.287. The van der Waals surface area contributed by atoms with E-state index in [0.717, 1.165) is 27.9 Å². The Bertz CT molecular complexity index is 1230. The minimum Gasteiger partial charge on any atom is -0.487 e. The van der Waals surface area contributed by atoms with Gasteiger partial charge in [0.15, 0.2) is 0 Å². The first kappa shape index (κ1) is 18.9. The Hall–Kier alpha value is -4.10. The molecule has 2 atom stereocenters. The number of pyridine rings is 1. The second-order valence-corrected chi connectivity index (χ2v) is 7.64. The standard InChI is InChI=1S/C27H21N3O/c28-19-27(22-11-5-2-6-12-22)24-13-7-8-14-25(24)30-26(27)21-15-23(17-29-16-21)31-18-20-9-3-1-4-10-20/h1-17,26,30H,18H2/t26-,27+/m0/s1. The molecule has 1 aromatic heterocycles. The topological polar surface area (TPSA) is 57.9 Å². The predicted octanol–water partition coefficient (Wildman–Crippen LogP) is 5.64. The Morgan fingerprint density at radius 3 is 2.39 bits per heavy atom. The maximum absolute atomic E-state index is 10.5. The van der Waals surface area contributed by atoms with Crippen molar-refractivity contribution in [3.8, 4) is 11.8 Å². The van der Waals surface area contributed by atoms with Gasteiger partial charge < -0.3 is 10.1 Å². The van der Waals surface area contributed by atoms with E-state index in [0.29, 0.717) is 12.4 Å². The molecule has 4 nitrogen and oxygen atoms in total. The molecule has 150 valence electrons. The number of hydrogen-bond donors (Lipinski definition) is 1. The molecule has 0 bridgehead atoms. The second kappa shape index (κ2) is 7.97. The highest BCUT2D eigenvalue weighted by Crippen LogP contribution is 2.52. The second-order valence-electron chi connectivity index (χ2n) is 7.64. The van der Waals surface area contributed by atoms with E-state index in [9.17, 15) is 5.26 Å². The lowest BCUT2D eigenvalue weighted by atomic mass is 9.70. The Kier molecular flexibility index (Phi) is 4.86. The lowest BCUT2D eigenvalue weighted by Crippen LogP contribution is -2.32. The van der Waals surface area contributed by atoms with Gasteiger partial charge in [-0.25, -0.2) is 0 Å². The van der Waals surface area contributed by atoms with Gasteiger partial charge in [-0.1, -0.05) is 78.9 Å². The number of fused-ring (bicyclic) bond motifs is 1. The Labute approximate surface area is 181 Å². The van der Waals surface area contributed by atoms with Crippen molar-refractivity contribution in [2.24, 2.45) is 0 Å². The van der Waals surface area contributed by atoms with Crippen LogP contribution in [0.5, 0.6) is 5.75 Å². The van der Waals surface area contributed by atoms with E-state index in [2.05, 4.69) is 16.4 Å². The third-order valence-corrected chi connectivity index (χ3v) is 5.81. The van der Waals surface area contributed by atoms with Crippen LogP contribution in [0.2, 0.25) is 0 Å². The molecule has 2 heterocycles. The lowest BCUT2D eigenvalue weighted by molar-refractivity contribution is 0.304. The average Bonchev–Trinajstić information content (AvgIpc) is 3.20. The Morgan fingerprint density at radius 2 is 1.61 bits per heavy atom. The highest BCUT2D eigenvalue weighted by atomic mass is 16.5. The number of rotatable bonds is 5. The van der Waals surface area contributed by atoms with Gasteiger partial charge in [0.1, 0.15) is 17.8 Å². The fourth-order valence-corrected chi connectivity index (χ4v) is 4.33. The lowest BCUT2D eigenvalue weighted by Gasteiger charge is -2.30. The molecule has 4 heteroatoms. The highest BCUT2D eigenvalue weighted by Gasteiger charge is 2.49. The first-order valence-electron chi connectivity index (χ1n) is 10.3. The number of nitrogens with zero attached hydrogens (tertiary/aromatic N) is 2. The fraction of sp³-hybridized carbons (Fsp3) is 0.111. The molecule has 4 aromatic rings. The minimum atomic E-state index is -0.864. The molecule has 0 saturated carbocycles. The van der Waals surface area contributed by atoms with Gasteiger partial charge in [-0.15, -0.1) is 0 Å². The van der Waals surface area contributed by atoms with Crippen molar-refractivity contribution in [1.29, 1.82) is 5.26 Å². The zero-order valence-electron chi connectivity index (χ0n) is 16.9.